The highest BCUT2D eigenvalue weighted by atomic mass is 35.5. The van der Waals surface area contributed by atoms with Gasteiger partial charge in [0.1, 0.15) is 5.82 Å². The van der Waals surface area contributed by atoms with Gasteiger partial charge in [0.2, 0.25) is 0 Å². The van der Waals surface area contributed by atoms with E-state index in [2.05, 4.69) is 10.4 Å². The molecule has 22 heavy (non-hydrogen) atoms. The Balaban J connectivity index is 1.73. The fraction of sp³-hybridized carbons (Fsp3) is 0. The van der Waals surface area contributed by atoms with E-state index < -0.39 is 0 Å². The van der Waals surface area contributed by atoms with Crippen LogP contribution in [0.2, 0.25) is 5.02 Å². The summed E-state index contributed by atoms with van der Waals surface area (Å²) >= 11 is 5.82. The van der Waals surface area contributed by atoms with Crippen molar-refractivity contribution in [2.75, 3.05) is 5.32 Å². The predicted octanol–water partition coefficient (Wildman–Crippen LogP) is 3.92. The number of carbonyl (C=O) groups is 1. The van der Waals surface area contributed by atoms with E-state index in [0.717, 1.165) is 5.69 Å². The van der Waals surface area contributed by atoms with Crippen LogP contribution in [0.3, 0.4) is 0 Å². The number of aromatic nitrogens is 2. The van der Waals surface area contributed by atoms with E-state index in [1.807, 2.05) is 12.1 Å². The summed E-state index contributed by atoms with van der Waals surface area (Å²) in [6.07, 6.45) is 3.24. The summed E-state index contributed by atoms with van der Waals surface area (Å²) in [5, 5.41) is 7.39. The SMILES string of the molecule is O=C(Nc1ccc(-n2cc(Cl)cn2)cc1)c1ccc(F)cc1. The monoisotopic (exact) mass is 315 g/mol. The van der Waals surface area contributed by atoms with Crippen LogP contribution in [-0.4, -0.2) is 15.7 Å². The molecule has 0 saturated heterocycles. The van der Waals surface area contributed by atoms with E-state index in [4.69, 9.17) is 11.6 Å². The molecule has 110 valence electrons. The number of carbonyl (C=O) groups excluding carboxylic acids is 1. The molecule has 2 aromatic carbocycles. The molecule has 0 aliphatic heterocycles. The minimum Gasteiger partial charge on any atom is -0.322 e. The lowest BCUT2D eigenvalue weighted by atomic mass is 10.2. The van der Waals surface area contributed by atoms with E-state index in [-0.39, 0.29) is 11.7 Å². The summed E-state index contributed by atoms with van der Waals surface area (Å²) in [4.78, 5) is 12.0. The smallest absolute Gasteiger partial charge is 0.255 e. The first-order chi connectivity index (χ1) is 10.6. The van der Waals surface area contributed by atoms with Crippen molar-refractivity contribution in [2.45, 2.75) is 0 Å². The Labute approximate surface area is 131 Å². The molecular formula is C16H11ClFN3O. The van der Waals surface area contributed by atoms with Crippen molar-refractivity contribution in [2.24, 2.45) is 0 Å². The Hall–Kier alpha value is -2.66. The Morgan fingerprint density at radius 3 is 2.36 bits per heavy atom. The first-order valence-corrected chi connectivity index (χ1v) is 6.87. The molecule has 6 heteroatoms. The number of rotatable bonds is 3. The minimum absolute atomic E-state index is 0.296. The number of nitrogens with zero attached hydrogens (tertiary/aromatic N) is 2. The molecule has 0 bridgehead atoms. The Morgan fingerprint density at radius 1 is 1.09 bits per heavy atom. The van der Waals surface area contributed by atoms with Crippen molar-refractivity contribution < 1.29 is 9.18 Å². The highest BCUT2D eigenvalue weighted by Gasteiger charge is 2.06. The molecule has 0 unspecified atom stereocenters. The standard InChI is InChI=1S/C16H11ClFN3O/c17-12-9-19-21(10-12)15-7-5-14(6-8-15)20-16(22)11-1-3-13(18)4-2-11/h1-10H,(H,20,22). The summed E-state index contributed by atoms with van der Waals surface area (Å²) in [7, 11) is 0. The van der Waals surface area contributed by atoms with Crippen LogP contribution in [0.15, 0.2) is 60.9 Å². The summed E-state index contributed by atoms with van der Waals surface area (Å²) < 4.78 is 14.5. The van der Waals surface area contributed by atoms with E-state index in [1.165, 1.54) is 24.3 Å². The Kier molecular flexibility index (Phi) is 3.89. The first-order valence-electron chi connectivity index (χ1n) is 6.49. The molecule has 0 saturated carbocycles. The summed E-state index contributed by atoms with van der Waals surface area (Å²) in [5.41, 5.74) is 1.85. The number of anilines is 1. The molecule has 1 amide bonds. The second kappa shape index (κ2) is 5.99. The molecule has 0 radical (unpaired) electrons. The van der Waals surface area contributed by atoms with Gasteiger partial charge in [0.15, 0.2) is 0 Å². The van der Waals surface area contributed by atoms with E-state index in [0.29, 0.717) is 16.3 Å². The number of benzene rings is 2. The maximum Gasteiger partial charge on any atom is 0.255 e. The van der Waals surface area contributed by atoms with E-state index >= 15 is 0 Å². The number of hydrogen-bond acceptors (Lipinski definition) is 2. The van der Waals surface area contributed by atoms with E-state index in [9.17, 15) is 9.18 Å². The number of amides is 1. The average Bonchev–Trinajstić information content (AvgIpc) is 2.95. The Morgan fingerprint density at radius 2 is 1.77 bits per heavy atom. The van der Waals surface area contributed by atoms with Gasteiger partial charge in [-0.15, -0.1) is 0 Å². The molecule has 0 atom stereocenters. The van der Waals surface area contributed by atoms with Gasteiger partial charge in [-0.1, -0.05) is 11.6 Å². The van der Waals surface area contributed by atoms with Gasteiger partial charge in [-0.2, -0.15) is 5.10 Å². The maximum atomic E-state index is 12.8. The average molecular weight is 316 g/mol. The van der Waals surface area contributed by atoms with Crippen molar-refractivity contribution >= 4 is 23.2 Å². The van der Waals surface area contributed by atoms with Gasteiger partial charge in [-0.3, -0.25) is 4.79 Å². The van der Waals surface area contributed by atoms with Crippen molar-refractivity contribution in [3.8, 4) is 5.69 Å². The maximum absolute atomic E-state index is 12.8. The van der Waals surface area contributed by atoms with E-state index in [1.54, 1.807) is 29.2 Å². The molecule has 3 rings (SSSR count). The zero-order valence-corrected chi connectivity index (χ0v) is 12.1. The molecule has 1 N–H and O–H groups in total. The number of hydrogen-bond donors (Lipinski definition) is 1. The molecule has 0 fully saturated rings. The predicted molar refractivity (Wildman–Crippen MR) is 82.9 cm³/mol. The van der Waals surface area contributed by atoms with Crippen LogP contribution < -0.4 is 5.32 Å². The van der Waals surface area contributed by atoms with Crippen LogP contribution in [0.4, 0.5) is 10.1 Å². The summed E-state index contributed by atoms with van der Waals surface area (Å²) in [6.45, 7) is 0. The molecule has 1 aromatic heterocycles. The van der Waals surface area contributed by atoms with Gasteiger partial charge in [0, 0.05) is 17.4 Å². The van der Waals surface area contributed by atoms with Gasteiger partial charge < -0.3 is 5.32 Å². The molecule has 0 aliphatic carbocycles. The van der Waals surface area contributed by atoms with Gasteiger partial charge in [-0.05, 0) is 48.5 Å². The van der Waals surface area contributed by atoms with Crippen molar-refractivity contribution in [1.82, 2.24) is 9.78 Å². The molecule has 1 heterocycles. The summed E-state index contributed by atoms with van der Waals surface area (Å²) in [5.74, 6) is -0.673. The highest BCUT2D eigenvalue weighted by molar-refractivity contribution is 6.30. The third-order valence-corrected chi connectivity index (χ3v) is 3.24. The molecule has 0 spiro atoms. The molecular weight excluding hydrogens is 305 g/mol. The number of nitrogens with one attached hydrogen (secondary N) is 1. The van der Waals surface area contributed by atoms with Crippen molar-refractivity contribution in [3.05, 3.63) is 77.3 Å². The Bertz CT molecular complexity index is 797. The van der Waals surface area contributed by atoms with Crippen molar-refractivity contribution in [1.29, 1.82) is 0 Å². The zero-order valence-electron chi connectivity index (χ0n) is 11.3. The van der Waals surface area contributed by atoms with Gasteiger partial charge in [0.25, 0.3) is 5.91 Å². The van der Waals surface area contributed by atoms with Gasteiger partial charge in [-0.25, -0.2) is 9.07 Å². The minimum atomic E-state index is -0.376. The quantitative estimate of drug-likeness (QED) is 0.796. The van der Waals surface area contributed by atoms with Crippen LogP contribution in [-0.2, 0) is 0 Å². The van der Waals surface area contributed by atoms with Crippen LogP contribution in [0, 0.1) is 5.82 Å². The fourth-order valence-electron chi connectivity index (χ4n) is 1.94. The third-order valence-electron chi connectivity index (χ3n) is 3.05. The lowest BCUT2D eigenvalue weighted by Crippen LogP contribution is -2.11. The highest BCUT2D eigenvalue weighted by Crippen LogP contribution is 2.16. The van der Waals surface area contributed by atoms with Crippen LogP contribution >= 0.6 is 11.6 Å². The topological polar surface area (TPSA) is 46.9 Å². The van der Waals surface area contributed by atoms with Gasteiger partial charge >= 0.3 is 0 Å². The molecule has 4 nitrogen and oxygen atoms in total. The van der Waals surface area contributed by atoms with Crippen molar-refractivity contribution in [3.63, 3.8) is 0 Å². The zero-order chi connectivity index (χ0) is 15.5. The third kappa shape index (κ3) is 3.15. The lowest BCUT2D eigenvalue weighted by Gasteiger charge is -2.07. The normalized spacial score (nSPS) is 10.5. The molecule has 0 aliphatic rings. The second-order valence-corrected chi connectivity index (χ2v) is 5.05. The molecule has 3 aromatic rings. The van der Waals surface area contributed by atoms with Gasteiger partial charge in [0.05, 0.1) is 16.9 Å². The second-order valence-electron chi connectivity index (χ2n) is 4.61. The van der Waals surface area contributed by atoms with Crippen LogP contribution in [0.5, 0.6) is 0 Å². The fourth-order valence-corrected chi connectivity index (χ4v) is 2.08. The number of halogens is 2. The largest absolute Gasteiger partial charge is 0.322 e. The lowest BCUT2D eigenvalue weighted by molar-refractivity contribution is 0.102. The van der Waals surface area contributed by atoms with Crippen LogP contribution in [0.25, 0.3) is 5.69 Å². The van der Waals surface area contributed by atoms with Crippen LogP contribution in [0.1, 0.15) is 10.4 Å². The first kappa shape index (κ1) is 14.3. The summed E-state index contributed by atoms with van der Waals surface area (Å²) in [6, 6.07) is 12.5.